The highest BCUT2D eigenvalue weighted by atomic mass is 16.4. The highest BCUT2D eigenvalue weighted by Crippen LogP contribution is 2.13. The molecule has 0 aromatic rings. The molecule has 0 heterocycles. The van der Waals surface area contributed by atoms with Gasteiger partial charge in [-0.2, -0.15) is 0 Å². The van der Waals surface area contributed by atoms with Crippen LogP contribution in [0.5, 0.6) is 0 Å². The first-order valence-electron chi connectivity index (χ1n) is 5.72. The van der Waals surface area contributed by atoms with Crippen molar-refractivity contribution in [3.05, 3.63) is 23.8 Å². The molecule has 0 aliphatic rings. The van der Waals surface area contributed by atoms with Crippen LogP contribution >= 0.6 is 0 Å². The van der Waals surface area contributed by atoms with E-state index < -0.39 is 5.97 Å². The predicted molar refractivity (Wildman–Crippen MR) is 63.8 cm³/mol. The van der Waals surface area contributed by atoms with Crippen molar-refractivity contribution in [1.29, 1.82) is 0 Å². The van der Waals surface area contributed by atoms with E-state index in [-0.39, 0.29) is 12.3 Å². The first-order chi connectivity index (χ1) is 7.13. The van der Waals surface area contributed by atoms with Gasteiger partial charge in [-0.3, -0.25) is 4.79 Å². The summed E-state index contributed by atoms with van der Waals surface area (Å²) < 4.78 is 0. The minimum atomic E-state index is -0.719. The molecule has 86 valence electrons. The Kier molecular flexibility index (Phi) is 7.69. The highest BCUT2D eigenvalue weighted by Gasteiger charge is 2.06. The fourth-order valence-electron chi connectivity index (χ4n) is 1.42. The molecule has 1 unspecified atom stereocenters. The first-order valence-corrected chi connectivity index (χ1v) is 5.72. The Morgan fingerprint density at radius 2 is 2.00 bits per heavy atom. The van der Waals surface area contributed by atoms with Gasteiger partial charge in [0.25, 0.3) is 0 Å². The van der Waals surface area contributed by atoms with Crippen LogP contribution in [0.4, 0.5) is 0 Å². The lowest BCUT2D eigenvalue weighted by Gasteiger charge is -2.06. The number of hydrogen-bond donors (Lipinski definition) is 1. The molecule has 1 N–H and O–H groups in total. The second-order valence-corrected chi connectivity index (χ2v) is 3.67. The molecule has 15 heavy (non-hydrogen) atoms. The van der Waals surface area contributed by atoms with E-state index in [4.69, 9.17) is 5.11 Å². The van der Waals surface area contributed by atoms with Gasteiger partial charge in [0, 0.05) is 0 Å². The number of hydrogen-bond acceptors (Lipinski definition) is 1. The Hall–Kier alpha value is -1.05. The van der Waals surface area contributed by atoms with Crippen molar-refractivity contribution in [3.8, 4) is 0 Å². The molecular formula is C13H22O2. The largest absolute Gasteiger partial charge is 0.481 e. The molecule has 0 aromatic heterocycles. The smallest absolute Gasteiger partial charge is 0.303 e. The number of aliphatic carboxylic acids is 1. The number of allylic oxidation sites excluding steroid dienone is 4. The van der Waals surface area contributed by atoms with Crippen molar-refractivity contribution in [3.63, 3.8) is 0 Å². The average Bonchev–Trinajstić information content (AvgIpc) is 2.21. The van der Waals surface area contributed by atoms with E-state index in [0.717, 1.165) is 19.3 Å². The van der Waals surface area contributed by atoms with Gasteiger partial charge in [0.15, 0.2) is 0 Å². The molecule has 0 spiro atoms. The highest BCUT2D eigenvalue weighted by molar-refractivity contribution is 5.67. The Balaban J connectivity index is 4.31. The topological polar surface area (TPSA) is 37.3 Å². The van der Waals surface area contributed by atoms with Crippen LogP contribution in [0, 0.1) is 5.92 Å². The monoisotopic (exact) mass is 210 g/mol. The lowest BCUT2D eigenvalue weighted by Crippen LogP contribution is -2.04. The average molecular weight is 210 g/mol. The number of carboxylic acid groups (broad SMARTS) is 1. The summed E-state index contributed by atoms with van der Waals surface area (Å²) in [7, 11) is 0. The van der Waals surface area contributed by atoms with Gasteiger partial charge in [0.05, 0.1) is 6.42 Å². The van der Waals surface area contributed by atoms with Crippen molar-refractivity contribution in [2.24, 2.45) is 5.92 Å². The molecule has 0 saturated carbocycles. The van der Waals surface area contributed by atoms with Crippen molar-refractivity contribution in [2.75, 3.05) is 0 Å². The van der Waals surface area contributed by atoms with E-state index >= 15 is 0 Å². The number of rotatable bonds is 7. The minimum absolute atomic E-state index is 0.161. The van der Waals surface area contributed by atoms with Crippen molar-refractivity contribution < 1.29 is 9.90 Å². The lowest BCUT2D eigenvalue weighted by atomic mass is 10.00. The molecule has 0 saturated heterocycles. The van der Waals surface area contributed by atoms with Crippen LogP contribution in [0.15, 0.2) is 23.8 Å². The Bertz CT molecular complexity index is 239. The van der Waals surface area contributed by atoms with Crippen LogP contribution in [0.3, 0.4) is 0 Å². The molecule has 0 aliphatic heterocycles. The molecule has 2 heteroatoms. The second kappa shape index (κ2) is 8.27. The standard InChI is InChI=1S/C13H22O2/c1-4-7-11(5-2)8-9-12(6-3)10-13(14)15/h7-9,12H,4-6,10H2,1-3H3,(H,14,15)/b9-8?,11-7-. The fourth-order valence-corrected chi connectivity index (χ4v) is 1.42. The quantitative estimate of drug-likeness (QED) is 0.649. The van der Waals surface area contributed by atoms with Crippen LogP contribution in [-0.2, 0) is 4.79 Å². The van der Waals surface area contributed by atoms with Gasteiger partial charge in [-0.15, -0.1) is 0 Å². The minimum Gasteiger partial charge on any atom is -0.481 e. The second-order valence-electron chi connectivity index (χ2n) is 3.67. The summed E-state index contributed by atoms with van der Waals surface area (Å²) in [6.07, 6.45) is 9.43. The lowest BCUT2D eigenvalue weighted by molar-refractivity contribution is -0.137. The van der Waals surface area contributed by atoms with E-state index in [0.29, 0.717) is 0 Å². The van der Waals surface area contributed by atoms with Crippen LogP contribution in [0.1, 0.15) is 46.5 Å². The third-order valence-corrected chi connectivity index (χ3v) is 2.42. The van der Waals surface area contributed by atoms with Crippen LogP contribution < -0.4 is 0 Å². The number of carbonyl (C=O) groups is 1. The summed E-state index contributed by atoms with van der Waals surface area (Å²) in [5, 5.41) is 8.69. The van der Waals surface area contributed by atoms with Crippen molar-refractivity contribution in [1.82, 2.24) is 0 Å². The molecule has 0 aliphatic carbocycles. The van der Waals surface area contributed by atoms with Gasteiger partial charge >= 0.3 is 5.97 Å². The van der Waals surface area contributed by atoms with E-state index in [1.54, 1.807) is 0 Å². The Morgan fingerprint density at radius 3 is 2.40 bits per heavy atom. The Labute approximate surface area is 92.7 Å². The zero-order valence-corrected chi connectivity index (χ0v) is 9.99. The van der Waals surface area contributed by atoms with Gasteiger partial charge in [-0.1, -0.05) is 44.6 Å². The molecular weight excluding hydrogens is 188 g/mol. The van der Waals surface area contributed by atoms with Gasteiger partial charge < -0.3 is 5.11 Å². The summed E-state index contributed by atoms with van der Waals surface area (Å²) in [6, 6.07) is 0. The molecule has 0 radical (unpaired) electrons. The predicted octanol–water partition coefficient (Wildman–Crippen LogP) is 3.79. The SMILES string of the molecule is CC/C=C(\C=CC(CC)CC(=O)O)CC. The zero-order chi connectivity index (χ0) is 11.7. The first kappa shape index (κ1) is 13.9. The zero-order valence-electron chi connectivity index (χ0n) is 9.99. The maximum atomic E-state index is 10.6. The molecule has 0 aromatic carbocycles. The van der Waals surface area contributed by atoms with Gasteiger partial charge in [0.1, 0.15) is 0 Å². The molecule has 2 nitrogen and oxygen atoms in total. The van der Waals surface area contributed by atoms with Crippen molar-refractivity contribution >= 4 is 5.97 Å². The molecule has 0 bridgehead atoms. The maximum absolute atomic E-state index is 10.6. The molecule has 0 fully saturated rings. The summed E-state index contributed by atoms with van der Waals surface area (Å²) in [6.45, 7) is 6.25. The summed E-state index contributed by atoms with van der Waals surface area (Å²) in [5.41, 5.74) is 1.29. The Morgan fingerprint density at radius 1 is 1.33 bits per heavy atom. The third kappa shape index (κ3) is 6.95. The van der Waals surface area contributed by atoms with Crippen LogP contribution in [-0.4, -0.2) is 11.1 Å². The van der Waals surface area contributed by atoms with E-state index in [9.17, 15) is 4.79 Å². The van der Waals surface area contributed by atoms with Crippen LogP contribution in [0.25, 0.3) is 0 Å². The van der Waals surface area contributed by atoms with E-state index in [1.807, 2.05) is 13.0 Å². The van der Waals surface area contributed by atoms with Crippen molar-refractivity contribution in [2.45, 2.75) is 46.5 Å². The maximum Gasteiger partial charge on any atom is 0.303 e. The van der Waals surface area contributed by atoms with Gasteiger partial charge in [-0.05, 0) is 25.2 Å². The number of carboxylic acids is 1. The van der Waals surface area contributed by atoms with Gasteiger partial charge in [-0.25, -0.2) is 0 Å². The third-order valence-electron chi connectivity index (χ3n) is 2.42. The van der Waals surface area contributed by atoms with Crippen LogP contribution in [0.2, 0.25) is 0 Å². The van der Waals surface area contributed by atoms with E-state index in [1.165, 1.54) is 5.57 Å². The molecule has 1 atom stereocenters. The molecule has 0 rings (SSSR count). The summed E-state index contributed by atoms with van der Waals surface area (Å²) in [4.78, 5) is 10.6. The van der Waals surface area contributed by atoms with E-state index in [2.05, 4.69) is 26.0 Å². The van der Waals surface area contributed by atoms with Gasteiger partial charge in [0.2, 0.25) is 0 Å². The summed E-state index contributed by atoms with van der Waals surface area (Å²) >= 11 is 0. The fraction of sp³-hybridized carbons (Fsp3) is 0.615. The summed E-state index contributed by atoms with van der Waals surface area (Å²) in [5.74, 6) is -0.557. The molecule has 0 amide bonds. The normalized spacial score (nSPS) is 14.5.